The number of thioether (sulfide) groups is 1. The molecule has 0 aromatic carbocycles. The van der Waals surface area contributed by atoms with Gasteiger partial charge in [0.1, 0.15) is 9.86 Å². The molecule has 2 aromatic rings. The van der Waals surface area contributed by atoms with E-state index in [0.29, 0.717) is 10.5 Å². The monoisotopic (exact) mass is 314 g/mol. The van der Waals surface area contributed by atoms with Crippen LogP contribution in [-0.2, 0) is 11.2 Å². The summed E-state index contributed by atoms with van der Waals surface area (Å²) >= 11 is 9.52. The summed E-state index contributed by atoms with van der Waals surface area (Å²) in [5.41, 5.74) is 0. The lowest BCUT2D eigenvalue weighted by atomic mass is 10.3. The van der Waals surface area contributed by atoms with E-state index >= 15 is 0 Å². The normalized spacial score (nSPS) is 23.3. The van der Waals surface area contributed by atoms with Crippen molar-refractivity contribution in [2.45, 2.75) is 43.1 Å². The first-order chi connectivity index (χ1) is 9.17. The van der Waals surface area contributed by atoms with Crippen LogP contribution in [0.5, 0.6) is 0 Å². The van der Waals surface area contributed by atoms with Gasteiger partial charge in [0, 0.05) is 22.1 Å². The molecule has 1 saturated heterocycles. The number of hydrogen-bond acceptors (Lipinski definition) is 5. The second-order valence-corrected chi connectivity index (χ2v) is 7.28. The maximum atomic E-state index is 6.04. The Morgan fingerprint density at radius 1 is 1.53 bits per heavy atom. The third-order valence-corrected chi connectivity index (χ3v) is 6.10. The molecule has 3 nitrogen and oxygen atoms in total. The van der Waals surface area contributed by atoms with E-state index in [2.05, 4.69) is 29.9 Å². The fourth-order valence-electron chi connectivity index (χ4n) is 2.19. The number of halogens is 1. The number of aryl methyl sites for hydroxylation is 1. The van der Waals surface area contributed by atoms with Crippen molar-refractivity contribution >= 4 is 44.9 Å². The van der Waals surface area contributed by atoms with Crippen molar-refractivity contribution in [1.82, 2.24) is 9.97 Å². The van der Waals surface area contributed by atoms with E-state index in [1.807, 2.05) is 0 Å². The standard InChI is InChI=1S/C13H15ClN2OS2/c1-3-8-6-9-11(18-8)15-13(14)16-12(9)19-10-4-5-17-7(10)2/h6-7,10H,3-5H2,1-2H3. The molecule has 0 saturated carbocycles. The van der Waals surface area contributed by atoms with Crippen LogP contribution in [0.3, 0.4) is 0 Å². The quantitative estimate of drug-likeness (QED) is 0.629. The van der Waals surface area contributed by atoms with Gasteiger partial charge < -0.3 is 4.74 Å². The van der Waals surface area contributed by atoms with Crippen LogP contribution in [0.15, 0.2) is 11.1 Å². The first-order valence-corrected chi connectivity index (χ1v) is 8.49. The van der Waals surface area contributed by atoms with Crippen molar-refractivity contribution in [3.05, 3.63) is 16.2 Å². The Bertz CT molecular complexity index is 602. The number of rotatable bonds is 3. The van der Waals surface area contributed by atoms with Gasteiger partial charge in [-0.3, -0.25) is 0 Å². The van der Waals surface area contributed by atoms with Crippen LogP contribution >= 0.6 is 34.7 Å². The summed E-state index contributed by atoms with van der Waals surface area (Å²) in [6.07, 6.45) is 2.36. The van der Waals surface area contributed by atoms with Gasteiger partial charge in [-0.05, 0) is 37.4 Å². The molecule has 0 spiro atoms. The van der Waals surface area contributed by atoms with Crippen molar-refractivity contribution in [2.24, 2.45) is 0 Å². The molecule has 0 N–H and O–H groups in total. The Morgan fingerprint density at radius 3 is 3.05 bits per heavy atom. The van der Waals surface area contributed by atoms with Crippen LogP contribution in [0.1, 0.15) is 25.1 Å². The van der Waals surface area contributed by atoms with Gasteiger partial charge in [-0.25, -0.2) is 9.97 Å². The fraction of sp³-hybridized carbons (Fsp3) is 0.538. The van der Waals surface area contributed by atoms with Gasteiger partial charge in [-0.2, -0.15) is 0 Å². The molecule has 0 aliphatic carbocycles. The lowest BCUT2D eigenvalue weighted by molar-refractivity contribution is 0.127. The molecule has 1 aliphatic heterocycles. The molecule has 2 atom stereocenters. The van der Waals surface area contributed by atoms with Gasteiger partial charge in [0.05, 0.1) is 6.10 Å². The molecule has 1 fully saturated rings. The van der Waals surface area contributed by atoms with Gasteiger partial charge in [-0.1, -0.05) is 18.7 Å². The van der Waals surface area contributed by atoms with E-state index in [-0.39, 0.29) is 6.10 Å². The van der Waals surface area contributed by atoms with E-state index in [0.717, 1.165) is 34.7 Å². The molecule has 0 radical (unpaired) electrons. The number of nitrogens with zero attached hydrogens (tertiary/aromatic N) is 2. The van der Waals surface area contributed by atoms with Crippen LogP contribution in [0.4, 0.5) is 0 Å². The highest BCUT2D eigenvalue weighted by Crippen LogP contribution is 2.38. The highest BCUT2D eigenvalue weighted by molar-refractivity contribution is 8.00. The second-order valence-electron chi connectivity index (χ2n) is 4.60. The molecule has 3 heterocycles. The zero-order valence-electron chi connectivity index (χ0n) is 10.9. The molecule has 19 heavy (non-hydrogen) atoms. The summed E-state index contributed by atoms with van der Waals surface area (Å²) in [7, 11) is 0. The van der Waals surface area contributed by atoms with E-state index in [9.17, 15) is 0 Å². The predicted molar refractivity (Wildman–Crippen MR) is 81.5 cm³/mol. The zero-order valence-corrected chi connectivity index (χ0v) is 13.2. The molecular weight excluding hydrogens is 300 g/mol. The largest absolute Gasteiger partial charge is 0.377 e. The number of ether oxygens (including phenoxy) is 1. The minimum atomic E-state index is 0.276. The third-order valence-electron chi connectivity index (χ3n) is 3.30. The zero-order chi connectivity index (χ0) is 13.4. The first kappa shape index (κ1) is 13.6. The van der Waals surface area contributed by atoms with E-state index in [4.69, 9.17) is 16.3 Å². The van der Waals surface area contributed by atoms with Crippen molar-refractivity contribution in [1.29, 1.82) is 0 Å². The molecular formula is C13H15ClN2OS2. The fourth-order valence-corrected chi connectivity index (χ4v) is 4.69. The van der Waals surface area contributed by atoms with Crippen molar-refractivity contribution in [3.8, 4) is 0 Å². The van der Waals surface area contributed by atoms with Crippen LogP contribution < -0.4 is 0 Å². The SMILES string of the molecule is CCc1cc2c(SC3CCOC3C)nc(Cl)nc2s1. The van der Waals surface area contributed by atoms with E-state index in [1.54, 1.807) is 23.1 Å². The van der Waals surface area contributed by atoms with Crippen molar-refractivity contribution < 1.29 is 4.74 Å². The van der Waals surface area contributed by atoms with Gasteiger partial charge in [0.15, 0.2) is 0 Å². The molecule has 0 bridgehead atoms. The lowest BCUT2D eigenvalue weighted by Crippen LogP contribution is -2.13. The average Bonchev–Trinajstić information content (AvgIpc) is 2.96. The van der Waals surface area contributed by atoms with Crippen molar-refractivity contribution in [2.75, 3.05) is 6.61 Å². The van der Waals surface area contributed by atoms with Crippen LogP contribution in [0, 0.1) is 0 Å². The lowest BCUT2D eigenvalue weighted by Gasteiger charge is -2.13. The summed E-state index contributed by atoms with van der Waals surface area (Å²) in [6, 6.07) is 2.19. The Kier molecular flexibility index (Phi) is 3.98. The Hall–Kier alpha value is -0.360. The number of hydrogen-bond donors (Lipinski definition) is 0. The smallest absolute Gasteiger partial charge is 0.224 e. The van der Waals surface area contributed by atoms with Gasteiger partial charge in [-0.15, -0.1) is 11.3 Å². The number of fused-ring (bicyclic) bond motifs is 1. The number of aromatic nitrogens is 2. The first-order valence-electron chi connectivity index (χ1n) is 6.41. The van der Waals surface area contributed by atoms with E-state index in [1.165, 1.54) is 4.88 Å². The minimum Gasteiger partial charge on any atom is -0.377 e. The predicted octanol–water partition coefficient (Wildman–Crippen LogP) is 4.18. The molecule has 6 heteroatoms. The maximum absolute atomic E-state index is 6.04. The van der Waals surface area contributed by atoms with Crippen LogP contribution in [-0.4, -0.2) is 27.9 Å². The van der Waals surface area contributed by atoms with E-state index < -0.39 is 0 Å². The molecule has 102 valence electrons. The summed E-state index contributed by atoms with van der Waals surface area (Å²) in [6.45, 7) is 5.11. The second kappa shape index (κ2) is 5.56. The molecule has 2 aromatic heterocycles. The summed E-state index contributed by atoms with van der Waals surface area (Å²) in [4.78, 5) is 11.1. The Balaban J connectivity index is 1.99. The summed E-state index contributed by atoms with van der Waals surface area (Å²) < 4.78 is 5.61. The summed E-state index contributed by atoms with van der Waals surface area (Å²) in [5.74, 6) is 0. The van der Waals surface area contributed by atoms with Gasteiger partial charge >= 0.3 is 0 Å². The third kappa shape index (κ3) is 2.75. The Morgan fingerprint density at radius 2 is 2.37 bits per heavy atom. The minimum absolute atomic E-state index is 0.276. The molecule has 0 amide bonds. The summed E-state index contributed by atoms with van der Waals surface area (Å²) in [5, 5.41) is 2.92. The number of thiophene rings is 1. The maximum Gasteiger partial charge on any atom is 0.224 e. The average molecular weight is 315 g/mol. The van der Waals surface area contributed by atoms with Gasteiger partial charge in [0.2, 0.25) is 5.28 Å². The molecule has 2 unspecified atom stereocenters. The Labute approximate surface area is 125 Å². The topological polar surface area (TPSA) is 35.0 Å². The highest BCUT2D eigenvalue weighted by Gasteiger charge is 2.27. The van der Waals surface area contributed by atoms with Gasteiger partial charge in [0.25, 0.3) is 0 Å². The molecule has 1 aliphatic rings. The van der Waals surface area contributed by atoms with Crippen molar-refractivity contribution in [3.63, 3.8) is 0 Å². The highest BCUT2D eigenvalue weighted by atomic mass is 35.5. The molecule has 3 rings (SSSR count). The van der Waals surface area contributed by atoms with Crippen LogP contribution in [0.25, 0.3) is 10.2 Å². The van der Waals surface area contributed by atoms with Crippen LogP contribution in [0.2, 0.25) is 5.28 Å².